The third-order valence-electron chi connectivity index (χ3n) is 3.74. The number of benzene rings is 1. The second-order valence-electron chi connectivity index (χ2n) is 5.78. The summed E-state index contributed by atoms with van der Waals surface area (Å²) in [5.74, 6) is -0.792. The molecule has 0 saturated carbocycles. The van der Waals surface area contributed by atoms with Crippen molar-refractivity contribution in [3.05, 3.63) is 28.7 Å². The van der Waals surface area contributed by atoms with Gasteiger partial charge in [-0.2, -0.15) is 0 Å². The second kappa shape index (κ2) is 7.10. The van der Waals surface area contributed by atoms with Gasteiger partial charge in [-0.25, -0.2) is 8.42 Å². The summed E-state index contributed by atoms with van der Waals surface area (Å²) in [5, 5.41) is 3.27. The van der Waals surface area contributed by atoms with Crippen LogP contribution >= 0.6 is 15.9 Å². The van der Waals surface area contributed by atoms with E-state index in [-0.39, 0.29) is 22.6 Å². The SMILES string of the molecule is C[C@H](CS(=O)(=O)c1ccc(Br)cc1)C(=O)N1CCN[C@@H](C)C1. The monoisotopic (exact) mass is 388 g/mol. The molecule has 1 aliphatic rings. The molecule has 0 radical (unpaired) electrons. The van der Waals surface area contributed by atoms with Gasteiger partial charge in [0.2, 0.25) is 5.91 Å². The highest BCUT2D eigenvalue weighted by molar-refractivity contribution is 9.10. The zero-order valence-corrected chi connectivity index (χ0v) is 15.2. The summed E-state index contributed by atoms with van der Waals surface area (Å²) in [6.45, 7) is 5.71. The Morgan fingerprint density at radius 2 is 2.05 bits per heavy atom. The molecule has 0 aliphatic carbocycles. The van der Waals surface area contributed by atoms with Gasteiger partial charge in [-0.1, -0.05) is 22.9 Å². The van der Waals surface area contributed by atoms with Gasteiger partial charge in [0.25, 0.3) is 0 Å². The van der Waals surface area contributed by atoms with Gasteiger partial charge in [-0.05, 0) is 31.2 Å². The van der Waals surface area contributed by atoms with Crippen LogP contribution in [0.15, 0.2) is 33.6 Å². The van der Waals surface area contributed by atoms with Crippen LogP contribution in [0.4, 0.5) is 0 Å². The number of amides is 1. The van der Waals surface area contributed by atoms with E-state index >= 15 is 0 Å². The summed E-state index contributed by atoms with van der Waals surface area (Å²) in [6.07, 6.45) is 0. The van der Waals surface area contributed by atoms with E-state index in [1.54, 1.807) is 36.1 Å². The lowest BCUT2D eigenvalue weighted by atomic mass is 10.1. The molecule has 0 bridgehead atoms. The van der Waals surface area contributed by atoms with Gasteiger partial charge in [0.05, 0.1) is 10.6 Å². The van der Waals surface area contributed by atoms with E-state index in [1.165, 1.54) is 0 Å². The van der Waals surface area contributed by atoms with Crippen LogP contribution in [0.25, 0.3) is 0 Å². The topological polar surface area (TPSA) is 66.5 Å². The van der Waals surface area contributed by atoms with Crippen molar-refractivity contribution < 1.29 is 13.2 Å². The molecular weight excluding hydrogens is 368 g/mol. The summed E-state index contributed by atoms with van der Waals surface area (Å²) >= 11 is 3.28. The van der Waals surface area contributed by atoms with E-state index in [0.29, 0.717) is 13.1 Å². The first kappa shape index (κ1) is 17.4. The lowest BCUT2D eigenvalue weighted by Gasteiger charge is -2.33. The van der Waals surface area contributed by atoms with Crippen molar-refractivity contribution in [2.24, 2.45) is 5.92 Å². The van der Waals surface area contributed by atoms with Crippen molar-refractivity contribution in [3.8, 4) is 0 Å². The smallest absolute Gasteiger partial charge is 0.226 e. The molecule has 0 unspecified atom stereocenters. The first-order valence-electron chi connectivity index (χ1n) is 7.30. The van der Waals surface area contributed by atoms with Crippen LogP contribution in [0.3, 0.4) is 0 Å². The first-order valence-corrected chi connectivity index (χ1v) is 9.74. The van der Waals surface area contributed by atoms with Crippen molar-refractivity contribution >= 4 is 31.7 Å². The number of sulfone groups is 1. The molecule has 7 heteroatoms. The van der Waals surface area contributed by atoms with Gasteiger partial charge in [-0.3, -0.25) is 4.79 Å². The lowest BCUT2D eigenvalue weighted by Crippen LogP contribution is -2.53. The van der Waals surface area contributed by atoms with Gasteiger partial charge < -0.3 is 10.2 Å². The maximum atomic E-state index is 12.4. The van der Waals surface area contributed by atoms with E-state index in [0.717, 1.165) is 11.0 Å². The molecule has 0 aromatic heterocycles. The predicted molar refractivity (Wildman–Crippen MR) is 89.4 cm³/mol. The van der Waals surface area contributed by atoms with Gasteiger partial charge in [0.15, 0.2) is 9.84 Å². The van der Waals surface area contributed by atoms with Gasteiger partial charge in [0, 0.05) is 36.1 Å². The highest BCUT2D eigenvalue weighted by Crippen LogP contribution is 2.19. The van der Waals surface area contributed by atoms with E-state index in [9.17, 15) is 13.2 Å². The standard InChI is InChI=1S/C15H21BrN2O3S/c1-11(15(19)18-8-7-17-12(2)9-18)10-22(20,21)14-5-3-13(16)4-6-14/h3-6,11-12,17H,7-10H2,1-2H3/t11-,12+/m1/s1. The van der Waals surface area contributed by atoms with Crippen LogP contribution in [0.5, 0.6) is 0 Å². The Kier molecular flexibility index (Phi) is 5.63. The summed E-state index contributed by atoms with van der Waals surface area (Å²) < 4.78 is 25.6. The Morgan fingerprint density at radius 3 is 2.64 bits per heavy atom. The Bertz CT molecular complexity index is 631. The highest BCUT2D eigenvalue weighted by atomic mass is 79.9. The predicted octanol–water partition coefficient (Wildman–Crippen LogP) is 1.68. The number of carbonyl (C=O) groups excluding carboxylic acids is 1. The fourth-order valence-corrected chi connectivity index (χ4v) is 4.39. The van der Waals surface area contributed by atoms with Crippen LogP contribution in [0.2, 0.25) is 0 Å². The quantitative estimate of drug-likeness (QED) is 0.851. The number of carbonyl (C=O) groups is 1. The number of piperazine rings is 1. The van der Waals surface area contributed by atoms with E-state index in [4.69, 9.17) is 0 Å². The molecule has 1 heterocycles. The number of hydrogen-bond donors (Lipinski definition) is 1. The lowest BCUT2D eigenvalue weighted by molar-refractivity contribution is -0.135. The molecular formula is C15H21BrN2O3S. The third-order valence-corrected chi connectivity index (χ3v) is 6.20. The summed E-state index contributed by atoms with van der Waals surface area (Å²) in [5.41, 5.74) is 0. The van der Waals surface area contributed by atoms with Crippen LogP contribution in [0.1, 0.15) is 13.8 Å². The van der Waals surface area contributed by atoms with Crippen molar-refractivity contribution in [2.45, 2.75) is 24.8 Å². The average Bonchev–Trinajstić information content (AvgIpc) is 2.46. The Labute approximate surface area is 140 Å². The fourth-order valence-electron chi connectivity index (χ4n) is 2.58. The third kappa shape index (κ3) is 4.30. The number of rotatable bonds is 4. The molecule has 122 valence electrons. The molecule has 1 amide bonds. The van der Waals surface area contributed by atoms with Crippen LogP contribution in [-0.4, -0.2) is 50.7 Å². The Hall–Kier alpha value is -0.920. The van der Waals surface area contributed by atoms with Crippen molar-refractivity contribution in [3.63, 3.8) is 0 Å². The number of nitrogens with zero attached hydrogens (tertiary/aromatic N) is 1. The van der Waals surface area contributed by atoms with Crippen LogP contribution in [0, 0.1) is 5.92 Å². The van der Waals surface area contributed by atoms with Crippen molar-refractivity contribution in [1.29, 1.82) is 0 Å². The Balaban J connectivity index is 2.05. The van der Waals surface area contributed by atoms with Crippen LogP contribution in [-0.2, 0) is 14.6 Å². The molecule has 5 nitrogen and oxygen atoms in total. The van der Waals surface area contributed by atoms with E-state index in [1.807, 2.05) is 6.92 Å². The highest BCUT2D eigenvalue weighted by Gasteiger charge is 2.28. The fraction of sp³-hybridized carbons (Fsp3) is 0.533. The van der Waals surface area contributed by atoms with Gasteiger partial charge in [0.1, 0.15) is 0 Å². The maximum Gasteiger partial charge on any atom is 0.226 e. The van der Waals surface area contributed by atoms with Gasteiger partial charge >= 0.3 is 0 Å². The molecule has 2 rings (SSSR count). The zero-order chi connectivity index (χ0) is 16.3. The summed E-state index contributed by atoms with van der Waals surface area (Å²) in [6, 6.07) is 6.75. The average molecular weight is 389 g/mol. The van der Waals surface area contributed by atoms with E-state index in [2.05, 4.69) is 21.2 Å². The minimum Gasteiger partial charge on any atom is -0.340 e. The minimum atomic E-state index is -3.46. The van der Waals surface area contributed by atoms with Gasteiger partial charge in [-0.15, -0.1) is 0 Å². The molecule has 1 fully saturated rings. The normalized spacial score (nSPS) is 20.7. The zero-order valence-electron chi connectivity index (χ0n) is 12.8. The second-order valence-corrected chi connectivity index (χ2v) is 8.73. The minimum absolute atomic E-state index is 0.0889. The first-order chi connectivity index (χ1) is 10.3. The maximum absolute atomic E-state index is 12.4. The molecule has 1 aromatic carbocycles. The molecule has 1 aromatic rings. The molecule has 22 heavy (non-hydrogen) atoms. The van der Waals surface area contributed by atoms with Crippen molar-refractivity contribution in [2.75, 3.05) is 25.4 Å². The summed E-state index contributed by atoms with van der Waals surface area (Å²) in [4.78, 5) is 14.4. The molecule has 1 aliphatic heterocycles. The number of nitrogens with one attached hydrogen (secondary N) is 1. The Morgan fingerprint density at radius 1 is 1.41 bits per heavy atom. The van der Waals surface area contributed by atoms with Crippen LogP contribution < -0.4 is 5.32 Å². The molecule has 0 spiro atoms. The largest absolute Gasteiger partial charge is 0.340 e. The molecule has 1 saturated heterocycles. The summed E-state index contributed by atoms with van der Waals surface area (Å²) in [7, 11) is -3.46. The number of halogens is 1. The number of hydrogen-bond acceptors (Lipinski definition) is 4. The molecule has 1 N–H and O–H groups in total. The van der Waals surface area contributed by atoms with Crippen molar-refractivity contribution in [1.82, 2.24) is 10.2 Å². The van der Waals surface area contributed by atoms with E-state index < -0.39 is 15.8 Å². The molecule has 2 atom stereocenters.